The van der Waals surface area contributed by atoms with Crippen LogP contribution in [0.5, 0.6) is 5.75 Å². The number of benzene rings is 2. The molecule has 6 heteroatoms. The van der Waals surface area contributed by atoms with E-state index in [4.69, 9.17) is 32.4 Å². The average Bonchev–Trinajstić information content (AvgIpc) is 3.15. The maximum atomic E-state index is 12.4. The van der Waals surface area contributed by atoms with Crippen LogP contribution >= 0.6 is 23.2 Å². The molecule has 1 aromatic heterocycles. The molecule has 0 bridgehead atoms. The molecule has 4 nitrogen and oxygen atoms in total. The first kappa shape index (κ1) is 23.2. The molecule has 3 aromatic rings. The second kappa shape index (κ2) is 10.7. The number of unbranched alkanes of at least 4 members (excludes halogenated alkanes) is 3. The number of allylic oxidation sites excluding steroid dienone is 1. The van der Waals surface area contributed by atoms with Crippen LogP contribution in [0.2, 0.25) is 10.0 Å². The fourth-order valence-electron chi connectivity index (χ4n) is 3.54. The molecule has 1 N–H and O–H groups in total. The van der Waals surface area contributed by atoms with Gasteiger partial charge in [0, 0.05) is 45.8 Å². The van der Waals surface area contributed by atoms with Crippen LogP contribution in [0.15, 0.2) is 47.1 Å². The molecule has 0 saturated heterocycles. The smallest absolute Gasteiger partial charge is 0.244 e. The lowest BCUT2D eigenvalue weighted by Gasteiger charge is -2.10. The molecule has 1 heterocycles. The molecule has 0 saturated carbocycles. The van der Waals surface area contributed by atoms with Crippen molar-refractivity contribution in [3.63, 3.8) is 0 Å². The normalized spacial score (nSPS) is 11.7. The Kier molecular flexibility index (Phi) is 8.05. The van der Waals surface area contributed by atoms with E-state index in [1.54, 1.807) is 31.6 Å². The molecule has 0 aliphatic carbocycles. The number of nitrogens with one attached hydrogen (secondary N) is 1. The zero-order valence-electron chi connectivity index (χ0n) is 18.1. The number of methoxy groups -OCH3 is 1. The van der Waals surface area contributed by atoms with Crippen molar-refractivity contribution in [1.29, 1.82) is 0 Å². The third-order valence-electron chi connectivity index (χ3n) is 5.22. The Morgan fingerprint density at radius 3 is 2.65 bits per heavy atom. The number of rotatable bonds is 9. The summed E-state index contributed by atoms with van der Waals surface area (Å²) in [6, 6.07) is 9.17. The quantitative estimate of drug-likeness (QED) is 0.266. The Labute approximate surface area is 193 Å². The Hall–Kier alpha value is -2.43. The lowest BCUT2D eigenvalue weighted by molar-refractivity contribution is -0.116. The summed E-state index contributed by atoms with van der Waals surface area (Å²) in [7, 11) is 1.60. The Morgan fingerprint density at radius 2 is 1.94 bits per heavy atom. The van der Waals surface area contributed by atoms with E-state index in [1.807, 2.05) is 25.1 Å². The summed E-state index contributed by atoms with van der Waals surface area (Å²) < 4.78 is 11.3. The van der Waals surface area contributed by atoms with E-state index in [-0.39, 0.29) is 5.91 Å². The van der Waals surface area contributed by atoms with Gasteiger partial charge in [0.05, 0.1) is 18.4 Å². The van der Waals surface area contributed by atoms with Crippen molar-refractivity contribution in [2.45, 2.75) is 39.5 Å². The predicted molar refractivity (Wildman–Crippen MR) is 129 cm³/mol. The summed E-state index contributed by atoms with van der Waals surface area (Å²) in [4.78, 5) is 12.4. The lowest BCUT2D eigenvalue weighted by Crippen LogP contribution is -2.22. The van der Waals surface area contributed by atoms with Crippen LogP contribution < -0.4 is 10.1 Å². The van der Waals surface area contributed by atoms with Gasteiger partial charge < -0.3 is 14.5 Å². The van der Waals surface area contributed by atoms with Gasteiger partial charge in [0.1, 0.15) is 11.3 Å². The molecular weight excluding hydrogens is 433 g/mol. The van der Waals surface area contributed by atoms with E-state index < -0.39 is 0 Å². The minimum Gasteiger partial charge on any atom is -0.496 e. The number of halogens is 2. The zero-order chi connectivity index (χ0) is 22.4. The molecule has 0 aliphatic heterocycles. The zero-order valence-corrected chi connectivity index (χ0v) is 19.6. The van der Waals surface area contributed by atoms with Gasteiger partial charge in [-0.25, -0.2) is 0 Å². The minimum atomic E-state index is -0.107. The molecule has 31 heavy (non-hydrogen) atoms. The summed E-state index contributed by atoms with van der Waals surface area (Å²) >= 11 is 12.5. The first-order valence-corrected chi connectivity index (χ1v) is 11.2. The fourth-order valence-corrected chi connectivity index (χ4v) is 4.05. The minimum absolute atomic E-state index is 0.107. The molecule has 0 spiro atoms. The standard InChI is InChI=1S/C25H27Cl2NO3/c1-4-5-6-7-10-28-25(29)11-16(2)19-13-20-21(15-31-24(20)14-23(19)30-3)18-9-8-17(26)12-22(18)27/h8-9,11-15H,4-7,10H2,1-3H3,(H,28,29)/b16-11+. The first-order chi connectivity index (χ1) is 14.9. The molecular formula is C25H27Cl2NO3. The molecule has 0 radical (unpaired) electrons. The highest BCUT2D eigenvalue weighted by Crippen LogP contribution is 2.40. The number of fused-ring (bicyclic) bond motifs is 1. The van der Waals surface area contributed by atoms with Gasteiger partial charge in [-0.3, -0.25) is 4.79 Å². The van der Waals surface area contributed by atoms with Crippen molar-refractivity contribution in [1.82, 2.24) is 5.32 Å². The highest BCUT2D eigenvalue weighted by molar-refractivity contribution is 6.36. The highest BCUT2D eigenvalue weighted by Gasteiger charge is 2.16. The summed E-state index contributed by atoms with van der Waals surface area (Å²) in [5, 5.41) is 4.96. The first-order valence-electron chi connectivity index (χ1n) is 10.5. The van der Waals surface area contributed by atoms with Gasteiger partial charge in [-0.1, -0.05) is 55.5 Å². The lowest BCUT2D eigenvalue weighted by atomic mass is 9.99. The summed E-state index contributed by atoms with van der Waals surface area (Å²) in [6.45, 7) is 4.75. The van der Waals surface area contributed by atoms with Gasteiger partial charge in [0.15, 0.2) is 0 Å². The largest absolute Gasteiger partial charge is 0.496 e. The van der Waals surface area contributed by atoms with Crippen molar-refractivity contribution in [3.05, 3.63) is 58.3 Å². The van der Waals surface area contributed by atoms with Crippen LogP contribution in [0.1, 0.15) is 45.1 Å². The predicted octanol–water partition coefficient (Wildman–Crippen LogP) is 7.52. The van der Waals surface area contributed by atoms with E-state index >= 15 is 0 Å². The Morgan fingerprint density at radius 1 is 1.13 bits per heavy atom. The van der Waals surface area contributed by atoms with Crippen molar-refractivity contribution in [3.8, 4) is 16.9 Å². The van der Waals surface area contributed by atoms with E-state index in [1.165, 1.54) is 12.8 Å². The van der Waals surface area contributed by atoms with Gasteiger partial charge in [0.2, 0.25) is 5.91 Å². The second-order valence-corrected chi connectivity index (χ2v) is 8.34. The van der Waals surface area contributed by atoms with Crippen LogP contribution in [0.25, 0.3) is 27.7 Å². The van der Waals surface area contributed by atoms with Crippen LogP contribution in [0.4, 0.5) is 0 Å². The maximum absolute atomic E-state index is 12.4. The molecule has 0 unspecified atom stereocenters. The highest BCUT2D eigenvalue weighted by atomic mass is 35.5. The van der Waals surface area contributed by atoms with Crippen molar-refractivity contribution in [2.75, 3.05) is 13.7 Å². The molecule has 0 atom stereocenters. The SMILES string of the molecule is CCCCCCNC(=O)/C=C(\C)c1cc2c(-c3ccc(Cl)cc3Cl)coc2cc1OC. The second-order valence-electron chi connectivity index (χ2n) is 7.50. The van der Waals surface area contributed by atoms with Crippen LogP contribution in [0, 0.1) is 0 Å². The molecule has 164 valence electrons. The van der Waals surface area contributed by atoms with Crippen LogP contribution in [0.3, 0.4) is 0 Å². The fraction of sp³-hybridized carbons (Fsp3) is 0.320. The van der Waals surface area contributed by atoms with Gasteiger partial charge in [-0.05, 0) is 37.1 Å². The topological polar surface area (TPSA) is 51.5 Å². The van der Waals surface area contributed by atoms with E-state index in [9.17, 15) is 4.79 Å². The van der Waals surface area contributed by atoms with Crippen molar-refractivity contribution >= 4 is 45.7 Å². The van der Waals surface area contributed by atoms with Gasteiger partial charge in [0.25, 0.3) is 0 Å². The molecule has 1 amide bonds. The monoisotopic (exact) mass is 459 g/mol. The molecule has 2 aromatic carbocycles. The number of carbonyl (C=O) groups excluding carboxylic acids is 1. The number of hydrogen-bond acceptors (Lipinski definition) is 3. The van der Waals surface area contributed by atoms with Gasteiger partial charge in [-0.15, -0.1) is 0 Å². The number of furan rings is 1. The number of amides is 1. The van der Waals surface area contributed by atoms with E-state index in [2.05, 4.69) is 12.2 Å². The van der Waals surface area contributed by atoms with E-state index in [0.717, 1.165) is 40.5 Å². The molecule has 0 fully saturated rings. The van der Waals surface area contributed by atoms with Crippen LogP contribution in [-0.2, 0) is 4.79 Å². The average molecular weight is 460 g/mol. The third-order valence-corrected chi connectivity index (χ3v) is 5.77. The summed E-state index contributed by atoms with van der Waals surface area (Å²) in [6.07, 6.45) is 7.76. The Balaban J connectivity index is 1.91. The van der Waals surface area contributed by atoms with Gasteiger partial charge >= 0.3 is 0 Å². The number of ether oxygens (including phenoxy) is 1. The van der Waals surface area contributed by atoms with E-state index in [0.29, 0.717) is 27.9 Å². The van der Waals surface area contributed by atoms with Crippen LogP contribution in [-0.4, -0.2) is 19.6 Å². The van der Waals surface area contributed by atoms with Crippen molar-refractivity contribution in [2.24, 2.45) is 0 Å². The van der Waals surface area contributed by atoms with Crippen molar-refractivity contribution < 1.29 is 13.9 Å². The number of hydrogen-bond donors (Lipinski definition) is 1. The number of carbonyl (C=O) groups is 1. The third kappa shape index (κ3) is 5.63. The summed E-state index contributed by atoms with van der Waals surface area (Å²) in [5.74, 6) is 0.532. The molecule has 0 aliphatic rings. The van der Waals surface area contributed by atoms with Gasteiger partial charge in [-0.2, -0.15) is 0 Å². The maximum Gasteiger partial charge on any atom is 0.244 e. The Bertz CT molecular complexity index is 1100. The summed E-state index contributed by atoms with van der Waals surface area (Å²) in [5.41, 5.74) is 3.99. The molecule has 3 rings (SSSR count).